The van der Waals surface area contributed by atoms with Gasteiger partial charge in [0.1, 0.15) is 6.26 Å². The number of nitrogens with zero attached hydrogens (tertiary/aromatic N) is 3. The first-order chi connectivity index (χ1) is 11.2. The van der Waals surface area contributed by atoms with Crippen LogP contribution in [0.2, 0.25) is 0 Å². The maximum Gasteiger partial charge on any atom is 0.250 e. The molecule has 3 aromatic rings. The maximum atomic E-state index is 11.9. The third kappa shape index (κ3) is 3.51. The van der Waals surface area contributed by atoms with E-state index < -0.39 is 0 Å². The van der Waals surface area contributed by atoms with E-state index in [-0.39, 0.29) is 11.9 Å². The van der Waals surface area contributed by atoms with E-state index >= 15 is 0 Å². The molecular weight excluding hydrogens is 294 g/mol. The Bertz CT molecular complexity index is 887. The van der Waals surface area contributed by atoms with E-state index in [2.05, 4.69) is 20.5 Å². The highest BCUT2D eigenvalue weighted by Gasteiger charge is 2.08. The molecule has 112 valence electrons. The second-order valence-electron chi connectivity index (χ2n) is 4.58. The first kappa shape index (κ1) is 14.3. The van der Waals surface area contributed by atoms with E-state index in [1.165, 1.54) is 18.6 Å². The van der Waals surface area contributed by atoms with Crippen LogP contribution >= 0.6 is 0 Å². The van der Waals surface area contributed by atoms with Gasteiger partial charge in [-0.15, -0.1) is 5.10 Å². The van der Waals surface area contributed by atoms with E-state index in [0.29, 0.717) is 11.4 Å². The summed E-state index contributed by atoms with van der Waals surface area (Å²) in [6.45, 7) is 0. The molecule has 0 spiro atoms. The van der Waals surface area contributed by atoms with Crippen molar-refractivity contribution in [2.24, 2.45) is 0 Å². The van der Waals surface area contributed by atoms with E-state index in [1.54, 1.807) is 36.4 Å². The number of anilines is 1. The molecule has 2 aromatic heterocycles. The minimum atomic E-state index is -0.370. The molecule has 0 saturated heterocycles. The quantitative estimate of drug-likeness (QED) is 0.720. The molecule has 7 nitrogen and oxygen atoms in total. The summed E-state index contributed by atoms with van der Waals surface area (Å²) >= 11 is 0. The zero-order chi connectivity index (χ0) is 16.1. The van der Waals surface area contributed by atoms with Crippen molar-refractivity contribution in [3.05, 3.63) is 60.1 Å². The predicted octanol–water partition coefficient (Wildman–Crippen LogP) is 2.59. The Kier molecular flexibility index (Phi) is 3.98. The van der Waals surface area contributed by atoms with Gasteiger partial charge in [0.2, 0.25) is 5.95 Å². The molecule has 7 heteroatoms. The lowest BCUT2D eigenvalue weighted by molar-refractivity contribution is -0.111. The van der Waals surface area contributed by atoms with Crippen molar-refractivity contribution in [2.75, 3.05) is 5.32 Å². The number of aromatic amines is 1. The number of nitrogens with one attached hydrogen (secondary N) is 2. The number of amides is 1. The lowest BCUT2D eigenvalue weighted by atomic mass is 10.1. The number of aromatic nitrogens is 3. The van der Waals surface area contributed by atoms with E-state index in [0.717, 1.165) is 11.1 Å². The van der Waals surface area contributed by atoms with Gasteiger partial charge >= 0.3 is 0 Å². The Morgan fingerprint density at radius 1 is 1.39 bits per heavy atom. The highest BCUT2D eigenvalue weighted by atomic mass is 16.3. The molecule has 23 heavy (non-hydrogen) atoms. The molecule has 2 heterocycles. The number of furan rings is 1. The second-order valence-corrected chi connectivity index (χ2v) is 4.58. The number of hydrogen-bond acceptors (Lipinski definition) is 5. The summed E-state index contributed by atoms with van der Waals surface area (Å²) in [5.74, 6) is 0.298. The fourth-order valence-corrected chi connectivity index (χ4v) is 1.88. The van der Waals surface area contributed by atoms with Crippen LogP contribution in [0.3, 0.4) is 0 Å². The van der Waals surface area contributed by atoms with Crippen LogP contribution in [0.15, 0.2) is 53.4 Å². The van der Waals surface area contributed by atoms with Crippen LogP contribution in [-0.2, 0) is 4.79 Å². The molecule has 0 unspecified atom stereocenters. The first-order valence-corrected chi connectivity index (χ1v) is 6.69. The monoisotopic (exact) mass is 305 g/mol. The highest BCUT2D eigenvalue weighted by molar-refractivity contribution is 6.00. The average molecular weight is 305 g/mol. The summed E-state index contributed by atoms with van der Waals surface area (Å²) in [7, 11) is 0. The van der Waals surface area contributed by atoms with Crippen molar-refractivity contribution in [3.63, 3.8) is 0 Å². The van der Waals surface area contributed by atoms with Gasteiger partial charge in [0.15, 0.2) is 5.82 Å². The summed E-state index contributed by atoms with van der Waals surface area (Å²) in [4.78, 5) is 16.0. The minimum Gasteiger partial charge on any atom is -0.472 e. The Morgan fingerprint density at radius 3 is 3.09 bits per heavy atom. The van der Waals surface area contributed by atoms with Crippen molar-refractivity contribution in [1.82, 2.24) is 15.2 Å². The third-order valence-electron chi connectivity index (χ3n) is 2.96. The van der Waals surface area contributed by atoms with Crippen molar-refractivity contribution >= 4 is 17.9 Å². The maximum absolute atomic E-state index is 11.9. The molecule has 0 aliphatic rings. The zero-order valence-corrected chi connectivity index (χ0v) is 11.9. The van der Waals surface area contributed by atoms with Gasteiger partial charge in [-0.25, -0.2) is 0 Å². The molecule has 2 N–H and O–H groups in total. The van der Waals surface area contributed by atoms with Crippen LogP contribution in [-0.4, -0.2) is 21.1 Å². The molecule has 0 bridgehead atoms. The van der Waals surface area contributed by atoms with Crippen molar-refractivity contribution in [3.8, 4) is 17.5 Å². The molecule has 0 radical (unpaired) electrons. The number of nitriles is 1. The fourth-order valence-electron chi connectivity index (χ4n) is 1.88. The molecule has 3 rings (SSSR count). The molecular formula is C16H11N5O2. The minimum absolute atomic E-state index is 0.168. The summed E-state index contributed by atoms with van der Waals surface area (Å²) < 4.78 is 4.96. The van der Waals surface area contributed by atoms with Gasteiger partial charge in [-0.1, -0.05) is 12.1 Å². The molecule has 0 saturated carbocycles. The molecule has 0 aliphatic heterocycles. The predicted molar refractivity (Wildman–Crippen MR) is 82.9 cm³/mol. The average Bonchev–Trinajstić information content (AvgIpc) is 3.24. The SMILES string of the molecule is N#Cc1cccc(C=CC(=O)Nc2n[nH]c(-c3ccoc3)n2)c1. The molecule has 0 fully saturated rings. The number of hydrogen-bond donors (Lipinski definition) is 2. The largest absolute Gasteiger partial charge is 0.472 e. The van der Waals surface area contributed by atoms with Gasteiger partial charge in [0.25, 0.3) is 5.91 Å². The van der Waals surface area contributed by atoms with Crippen LogP contribution < -0.4 is 5.32 Å². The van der Waals surface area contributed by atoms with Crippen molar-refractivity contribution < 1.29 is 9.21 Å². The molecule has 0 atom stereocenters. The topological polar surface area (TPSA) is 108 Å². The van der Waals surface area contributed by atoms with Gasteiger partial charge in [0, 0.05) is 6.08 Å². The third-order valence-corrected chi connectivity index (χ3v) is 2.96. The fraction of sp³-hybridized carbons (Fsp3) is 0. The van der Waals surface area contributed by atoms with E-state index in [9.17, 15) is 4.79 Å². The Morgan fingerprint density at radius 2 is 2.30 bits per heavy atom. The zero-order valence-electron chi connectivity index (χ0n) is 11.9. The summed E-state index contributed by atoms with van der Waals surface area (Å²) in [5, 5.41) is 18.0. The Hall–Kier alpha value is -3.66. The Balaban J connectivity index is 1.65. The summed E-state index contributed by atoms with van der Waals surface area (Å²) in [6.07, 6.45) is 6.01. The lowest BCUT2D eigenvalue weighted by Gasteiger charge is -1.95. The number of H-pyrrole nitrogens is 1. The number of carbonyl (C=O) groups excluding carboxylic acids is 1. The van der Waals surface area contributed by atoms with Crippen LogP contribution in [0.5, 0.6) is 0 Å². The van der Waals surface area contributed by atoms with Crippen LogP contribution in [0.1, 0.15) is 11.1 Å². The van der Waals surface area contributed by atoms with Crippen molar-refractivity contribution in [1.29, 1.82) is 5.26 Å². The molecule has 1 aromatic carbocycles. The van der Waals surface area contributed by atoms with Gasteiger partial charge < -0.3 is 4.42 Å². The smallest absolute Gasteiger partial charge is 0.250 e. The summed E-state index contributed by atoms with van der Waals surface area (Å²) in [5.41, 5.74) is 2.03. The van der Waals surface area contributed by atoms with Crippen LogP contribution in [0.4, 0.5) is 5.95 Å². The van der Waals surface area contributed by atoms with Gasteiger partial charge in [0.05, 0.1) is 23.5 Å². The molecule has 1 amide bonds. The van der Waals surface area contributed by atoms with E-state index in [1.807, 2.05) is 6.07 Å². The molecule has 0 aliphatic carbocycles. The normalized spacial score (nSPS) is 10.6. The van der Waals surface area contributed by atoms with Crippen LogP contribution in [0, 0.1) is 11.3 Å². The lowest BCUT2D eigenvalue weighted by Crippen LogP contribution is -2.09. The first-order valence-electron chi connectivity index (χ1n) is 6.69. The highest BCUT2D eigenvalue weighted by Crippen LogP contribution is 2.15. The van der Waals surface area contributed by atoms with Gasteiger partial charge in [-0.05, 0) is 29.8 Å². The number of rotatable bonds is 4. The summed E-state index contributed by atoms with van der Waals surface area (Å²) in [6, 6.07) is 10.7. The van der Waals surface area contributed by atoms with Gasteiger partial charge in [-0.3, -0.25) is 15.2 Å². The van der Waals surface area contributed by atoms with Crippen molar-refractivity contribution in [2.45, 2.75) is 0 Å². The van der Waals surface area contributed by atoms with Crippen LogP contribution in [0.25, 0.3) is 17.5 Å². The second kappa shape index (κ2) is 6.41. The standard InChI is InChI=1S/C16H11N5O2/c17-9-12-3-1-2-11(8-12)4-5-14(22)18-16-19-15(20-21-16)13-6-7-23-10-13/h1-8,10H,(H2,18,19,20,21,22). The number of benzene rings is 1. The number of carbonyl (C=O) groups is 1. The van der Waals surface area contributed by atoms with E-state index in [4.69, 9.17) is 9.68 Å². The van der Waals surface area contributed by atoms with Gasteiger partial charge in [-0.2, -0.15) is 10.2 Å². The Labute approximate surface area is 131 Å².